The molecule has 0 unspecified atom stereocenters. The third-order valence-corrected chi connectivity index (χ3v) is 5.14. The summed E-state index contributed by atoms with van der Waals surface area (Å²) >= 11 is 8.98. The number of pyridine rings is 1. The lowest BCUT2D eigenvalue weighted by Crippen LogP contribution is -2.14. The Morgan fingerprint density at radius 2 is 2.05 bits per heavy atom. The first kappa shape index (κ1) is 15.2. The van der Waals surface area contributed by atoms with Crippen molar-refractivity contribution in [2.24, 2.45) is 0 Å². The molecule has 0 amide bonds. The fourth-order valence-electron chi connectivity index (χ4n) is 1.52. The van der Waals surface area contributed by atoms with E-state index in [0.717, 1.165) is 23.8 Å². The van der Waals surface area contributed by atoms with E-state index < -0.39 is 15.8 Å². The monoisotopic (exact) mass is 378 g/mol. The number of aryl methyl sites for hydroxylation is 1. The standard InChI is InChI=1S/C12H9BrClFN2O2S/c1-7-4-9(6-16-12(7)13)17-20(18,19)11-3-2-8(15)5-10(11)14/h2-6,17H,1H3. The predicted octanol–water partition coefficient (Wildman–Crippen LogP) is 3.75. The molecule has 1 heterocycles. The van der Waals surface area contributed by atoms with Crippen LogP contribution in [0.4, 0.5) is 10.1 Å². The summed E-state index contributed by atoms with van der Waals surface area (Å²) < 4.78 is 40.3. The smallest absolute Gasteiger partial charge is 0.263 e. The van der Waals surface area contributed by atoms with Crippen molar-refractivity contribution in [1.82, 2.24) is 4.98 Å². The Kier molecular flexibility index (Phi) is 4.31. The van der Waals surface area contributed by atoms with Crippen molar-refractivity contribution in [3.05, 3.63) is 51.5 Å². The van der Waals surface area contributed by atoms with E-state index in [2.05, 4.69) is 25.6 Å². The Balaban J connectivity index is 2.38. The number of nitrogens with zero attached hydrogens (tertiary/aromatic N) is 1. The van der Waals surface area contributed by atoms with E-state index in [0.29, 0.717) is 10.3 Å². The summed E-state index contributed by atoms with van der Waals surface area (Å²) in [5, 5.41) is -0.181. The summed E-state index contributed by atoms with van der Waals surface area (Å²) in [6, 6.07) is 4.71. The van der Waals surface area contributed by atoms with Crippen LogP contribution in [0.15, 0.2) is 40.0 Å². The van der Waals surface area contributed by atoms with Gasteiger partial charge in [0.25, 0.3) is 10.0 Å². The Bertz CT molecular complexity index is 768. The summed E-state index contributed by atoms with van der Waals surface area (Å²) in [5.41, 5.74) is 1.07. The number of aromatic nitrogens is 1. The number of hydrogen-bond acceptors (Lipinski definition) is 3. The predicted molar refractivity (Wildman–Crippen MR) is 78.9 cm³/mol. The number of halogens is 3. The van der Waals surface area contributed by atoms with E-state index >= 15 is 0 Å². The maximum absolute atomic E-state index is 12.9. The molecule has 1 aromatic carbocycles. The molecule has 0 aliphatic rings. The number of sulfonamides is 1. The van der Waals surface area contributed by atoms with Crippen LogP contribution in [0.2, 0.25) is 5.02 Å². The van der Waals surface area contributed by atoms with Crippen molar-refractivity contribution in [2.45, 2.75) is 11.8 Å². The van der Waals surface area contributed by atoms with Gasteiger partial charge in [-0.15, -0.1) is 0 Å². The number of hydrogen-bond donors (Lipinski definition) is 1. The zero-order chi connectivity index (χ0) is 14.9. The minimum atomic E-state index is -3.89. The lowest BCUT2D eigenvalue weighted by atomic mass is 10.3. The molecule has 0 aliphatic heterocycles. The maximum Gasteiger partial charge on any atom is 0.263 e. The van der Waals surface area contributed by atoms with E-state index in [1.54, 1.807) is 13.0 Å². The van der Waals surface area contributed by atoms with Crippen LogP contribution in [0.25, 0.3) is 0 Å². The highest BCUT2D eigenvalue weighted by molar-refractivity contribution is 9.10. The topological polar surface area (TPSA) is 59.1 Å². The van der Waals surface area contributed by atoms with Gasteiger partial charge in [0.2, 0.25) is 0 Å². The molecule has 0 atom stereocenters. The quantitative estimate of drug-likeness (QED) is 0.826. The number of rotatable bonds is 3. The first-order chi connectivity index (χ1) is 9.29. The highest BCUT2D eigenvalue weighted by atomic mass is 79.9. The molecule has 0 saturated heterocycles. The molecule has 0 radical (unpaired) electrons. The number of benzene rings is 1. The SMILES string of the molecule is Cc1cc(NS(=O)(=O)c2ccc(F)cc2Cl)cnc1Br. The average molecular weight is 380 g/mol. The second kappa shape index (κ2) is 5.67. The molecule has 0 bridgehead atoms. The number of anilines is 1. The Morgan fingerprint density at radius 3 is 2.65 bits per heavy atom. The summed E-state index contributed by atoms with van der Waals surface area (Å²) in [4.78, 5) is 3.80. The third-order valence-electron chi connectivity index (χ3n) is 2.45. The molecule has 106 valence electrons. The van der Waals surface area contributed by atoms with Gasteiger partial charge in [0.15, 0.2) is 0 Å². The molecule has 0 aliphatic carbocycles. The first-order valence-electron chi connectivity index (χ1n) is 5.39. The number of nitrogens with one attached hydrogen (secondary N) is 1. The van der Waals surface area contributed by atoms with E-state index in [4.69, 9.17) is 11.6 Å². The molecule has 20 heavy (non-hydrogen) atoms. The van der Waals surface area contributed by atoms with Crippen LogP contribution in [0.5, 0.6) is 0 Å². The van der Waals surface area contributed by atoms with Crippen molar-refractivity contribution in [2.75, 3.05) is 4.72 Å². The molecule has 4 nitrogen and oxygen atoms in total. The fourth-order valence-corrected chi connectivity index (χ4v) is 3.30. The van der Waals surface area contributed by atoms with Crippen LogP contribution in [0.3, 0.4) is 0 Å². The van der Waals surface area contributed by atoms with Crippen LogP contribution in [0, 0.1) is 12.7 Å². The van der Waals surface area contributed by atoms with Crippen molar-refractivity contribution < 1.29 is 12.8 Å². The summed E-state index contributed by atoms with van der Waals surface area (Å²) in [6.45, 7) is 1.78. The molecule has 1 aromatic heterocycles. The molecule has 0 saturated carbocycles. The van der Waals surface area contributed by atoms with Crippen LogP contribution < -0.4 is 4.72 Å². The summed E-state index contributed by atoms with van der Waals surface area (Å²) in [5.74, 6) is -0.602. The van der Waals surface area contributed by atoms with Crippen molar-refractivity contribution in [3.63, 3.8) is 0 Å². The normalized spacial score (nSPS) is 11.4. The van der Waals surface area contributed by atoms with Crippen LogP contribution >= 0.6 is 27.5 Å². The van der Waals surface area contributed by atoms with Crippen molar-refractivity contribution in [1.29, 1.82) is 0 Å². The van der Waals surface area contributed by atoms with Gasteiger partial charge in [0.05, 0.1) is 16.9 Å². The fraction of sp³-hybridized carbons (Fsp3) is 0.0833. The molecular weight excluding hydrogens is 371 g/mol. The van der Waals surface area contributed by atoms with E-state index in [1.807, 2.05) is 0 Å². The molecule has 0 spiro atoms. The van der Waals surface area contributed by atoms with Gasteiger partial charge in [0, 0.05) is 0 Å². The molecule has 0 fully saturated rings. The van der Waals surface area contributed by atoms with Crippen molar-refractivity contribution >= 4 is 43.2 Å². The average Bonchev–Trinajstić information content (AvgIpc) is 2.33. The third kappa shape index (κ3) is 3.28. The summed E-state index contributed by atoms with van der Waals surface area (Å²) in [6.07, 6.45) is 1.37. The molecule has 2 aromatic rings. The van der Waals surface area contributed by atoms with E-state index in [9.17, 15) is 12.8 Å². The Labute approximate surface area is 129 Å². The van der Waals surface area contributed by atoms with Crippen molar-refractivity contribution in [3.8, 4) is 0 Å². The lowest BCUT2D eigenvalue weighted by Gasteiger charge is -2.10. The minimum Gasteiger partial charge on any atom is -0.278 e. The highest BCUT2D eigenvalue weighted by Crippen LogP contribution is 2.25. The van der Waals surface area contributed by atoms with Gasteiger partial charge < -0.3 is 0 Å². The highest BCUT2D eigenvalue weighted by Gasteiger charge is 2.18. The van der Waals surface area contributed by atoms with E-state index in [1.165, 1.54) is 6.20 Å². The van der Waals surface area contributed by atoms with Gasteiger partial charge in [0.1, 0.15) is 15.3 Å². The Hall–Kier alpha value is -1.18. The summed E-state index contributed by atoms with van der Waals surface area (Å²) in [7, 11) is -3.89. The zero-order valence-electron chi connectivity index (χ0n) is 10.2. The molecular formula is C12H9BrClFN2O2S. The Morgan fingerprint density at radius 1 is 1.35 bits per heavy atom. The minimum absolute atomic E-state index is 0.181. The van der Waals surface area contributed by atoms with Gasteiger partial charge in [-0.25, -0.2) is 17.8 Å². The van der Waals surface area contributed by atoms with E-state index in [-0.39, 0.29) is 9.92 Å². The zero-order valence-corrected chi connectivity index (χ0v) is 13.4. The first-order valence-corrected chi connectivity index (χ1v) is 8.05. The second-order valence-corrected chi connectivity index (χ2v) is 6.82. The van der Waals surface area contributed by atoms with Gasteiger partial charge in [-0.2, -0.15) is 0 Å². The van der Waals surface area contributed by atoms with Gasteiger partial charge >= 0.3 is 0 Å². The molecule has 1 N–H and O–H groups in total. The second-order valence-electron chi connectivity index (χ2n) is 4.01. The van der Waals surface area contributed by atoms with Crippen LogP contribution in [-0.4, -0.2) is 13.4 Å². The van der Waals surface area contributed by atoms with Gasteiger partial charge in [-0.1, -0.05) is 11.6 Å². The maximum atomic E-state index is 12.9. The van der Waals surface area contributed by atoms with Gasteiger partial charge in [-0.05, 0) is 52.7 Å². The molecule has 2 rings (SSSR count). The largest absolute Gasteiger partial charge is 0.278 e. The van der Waals surface area contributed by atoms with Crippen LogP contribution in [-0.2, 0) is 10.0 Å². The molecule has 8 heteroatoms. The lowest BCUT2D eigenvalue weighted by molar-refractivity contribution is 0.599. The van der Waals surface area contributed by atoms with Gasteiger partial charge in [-0.3, -0.25) is 4.72 Å². The van der Waals surface area contributed by atoms with Crippen LogP contribution in [0.1, 0.15) is 5.56 Å².